The number of benzene rings is 2. The van der Waals surface area contributed by atoms with Crippen LogP contribution in [0.25, 0.3) is 0 Å². The van der Waals surface area contributed by atoms with Crippen LogP contribution in [0.4, 0.5) is 5.69 Å². The number of carbonyl (C=O) groups is 1. The number of methoxy groups -OCH3 is 1. The highest BCUT2D eigenvalue weighted by Gasteiger charge is 2.17. The van der Waals surface area contributed by atoms with Gasteiger partial charge < -0.3 is 10.1 Å². The number of nitrogens with zero attached hydrogens (tertiary/aromatic N) is 1. The Hall–Kier alpha value is -2.54. The Morgan fingerprint density at radius 2 is 1.66 bits per heavy atom. The molecule has 0 aliphatic rings. The molecule has 0 aromatic heterocycles. The van der Waals surface area contributed by atoms with Crippen molar-refractivity contribution in [2.75, 3.05) is 30.8 Å². The summed E-state index contributed by atoms with van der Waals surface area (Å²) in [4.78, 5) is 12.1. The largest absolute Gasteiger partial charge is 0.497 e. The summed E-state index contributed by atoms with van der Waals surface area (Å²) in [5.74, 6) is 0.728. The average molecular weight is 419 g/mol. The zero-order chi connectivity index (χ0) is 21.3. The first kappa shape index (κ1) is 22.7. The van der Waals surface area contributed by atoms with Crippen LogP contribution in [0.5, 0.6) is 5.75 Å². The van der Waals surface area contributed by atoms with Crippen LogP contribution in [0, 0.1) is 0 Å². The molecule has 2 aromatic rings. The Bertz CT molecular complexity index is 878. The minimum Gasteiger partial charge on any atom is -0.497 e. The van der Waals surface area contributed by atoms with Crippen molar-refractivity contribution in [1.82, 2.24) is 5.32 Å². The molecule has 6 nitrogen and oxygen atoms in total. The van der Waals surface area contributed by atoms with E-state index in [9.17, 15) is 13.2 Å². The van der Waals surface area contributed by atoms with Gasteiger partial charge in [0.15, 0.2) is 0 Å². The van der Waals surface area contributed by atoms with E-state index in [2.05, 4.69) is 12.2 Å². The van der Waals surface area contributed by atoms with Crippen molar-refractivity contribution in [1.29, 1.82) is 0 Å². The number of ether oxygens (including phenoxy) is 1. The van der Waals surface area contributed by atoms with Gasteiger partial charge in [0.25, 0.3) is 0 Å². The number of aryl methyl sites for hydroxylation is 1. The molecule has 0 aliphatic heterocycles. The average Bonchev–Trinajstić information content (AvgIpc) is 2.71. The SMILES string of the molecule is CCc1ccc(N(CCCC(=O)NCCc2ccc(OC)cc2)S(C)(=O)=O)cc1. The topological polar surface area (TPSA) is 75.7 Å². The second kappa shape index (κ2) is 10.9. The maximum Gasteiger partial charge on any atom is 0.232 e. The van der Waals surface area contributed by atoms with E-state index >= 15 is 0 Å². The van der Waals surface area contributed by atoms with Gasteiger partial charge in [0.05, 0.1) is 19.1 Å². The van der Waals surface area contributed by atoms with E-state index in [4.69, 9.17) is 4.74 Å². The number of anilines is 1. The molecule has 0 unspecified atom stereocenters. The van der Waals surface area contributed by atoms with Crippen LogP contribution >= 0.6 is 0 Å². The van der Waals surface area contributed by atoms with Crippen molar-refractivity contribution in [3.63, 3.8) is 0 Å². The molecule has 2 aromatic carbocycles. The number of nitrogens with one attached hydrogen (secondary N) is 1. The summed E-state index contributed by atoms with van der Waals surface area (Å²) in [5, 5.41) is 2.89. The van der Waals surface area contributed by atoms with Crippen LogP contribution in [0.3, 0.4) is 0 Å². The minimum atomic E-state index is -3.40. The lowest BCUT2D eigenvalue weighted by molar-refractivity contribution is -0.121. The zero-order valence-electron chi connectivity index (χ0n) is 17.3. The first-order valence-corrected chi connectivity index (χ1v) is 11.6. The van der Waals surface area contributed by atoms with Crippen molar-refractivity contribution in [3.8, 4) is 5.75 Å². The van der Waals surface area contributed by atoms with Gasteiger partial charge in [0.1, 0.15) is 5.75 Å². The Morgan fingerprint density at radius 1 is 1.03 bits per heavy atom. The molecule has 0 saturated heterocycles. The molecule has 7 heteroatoms. The molecule has 0 saturated carbocycles. The third-order valence-corrected chi connectivity index (χ3v) is 5.89. The standard InChI is InChI=1S/C22H30N2O4S/c1-4-18-7-11-20(12-8-18)24(29(3,26)27)17-5-6-22(25)23-16-15-19-9-13-21(28-2)14-10-19/h7-14H,4-6,15-17H2,1-3H3,(H,23,25). The molecule has 0 fully saturated rings. The van der Waals surface area contributed by atoms with Gasteiger partial charge in [0.2, 0.25) is 15.9 Å². The van der Waals surface area contributed by atoms with Gasteiger partial charge in [-0.3, -0.25) is 9.10 Å². The monoisotopic (exact) mass is 418 g/mol. The van der Waals surface area contributed by atoms with Gasteiger partial charge in [-0.1, -0.05) is 31.2 Å². The highest BCUT2D eigenvalue weighted by atomic mass is 32.2. The van der Waals surface area contributed by atoms with Gasteiger partial charge in [-0.15, -0.1) is 0 Å². The Kier molecular flexibility index (Phi) is 8.51. The lowest BCUT2D eigenvalue weighted by Crippen LogP contribution is -2.32. The van der Waals surface area contributed by atoms with Gasteiger partial charge in [-0.25, -0.2) is 8.42 Å². The smallest absolute Gasteiger partial charge is 0.232 e. The van der Waals surface area contributed by atoms with Crippen LogP contribution in [-0.4, -0.2) is 40.8 Å². The fourth-order valence-corrected chi connectivity index (χ4v) is 3.96. The molecule has 158 valence electrons. The summed E-state index contributed by atoms with van der Waals surface area (Å²) >= 11 is 0. The highest BCUT2D eigenvalue weighted by molar-refractivity contribution is 7.92. The van der Waals surface area contributed by atoms with Crippen LogP contribution in [-0.2, 0) is 27.7 Å². The van der Waals surface area contributed by atoms with E-state index in [0.29, 0.717) is 18.7 Å². The maximum atomic E-state index is 12.2. The number of hydrogen-bond acceptors (Lipinski definition) is 4. The Balaban J connectivity index is 1.79. The molecule has 0 spiro atoms. The van der Waals surface area contributed by atoms with E-state index in [-0.39, 0.29) is 18.9 Å². The Labute approximate surface area is 173 Å². The molecule has 0 aliphatic carbocycles. The molecule has 0 bridgehead atoms. The number of rotatable bonds is 11. The first-order chi connectivity index (χ1) is 13.8. The van der Waals surface area contributed by atoms with Gasteiger partial charge >= 0.3 is 0 Å². The fourth-order valence-electron chi connectivity index (χ4n) is 2.99. The molecule has 29 heavy (non-hydrogen) atoms. The molecule has 1 N–H and O–H groups in total. The summed E-state index contributed by atoms with van der Waals surface area (Å²) in [6.45, 7) is 2.87. The van der Waals surface area contributed by atoms with Crippen molar-refractivity contribution in [2.24, 2.45) is 0 Å². The molecule has 0 atom stereocenters. The zero-order valence-corrected chi connectivity index (χ0v) is 18.2. The summed E-state index contributed by atoms with van der Waals surface area (Å²) in [5.41, 5.74) is 2.90. The van der Waals surface area contributed by atoms with E-state index in [0.717, 1.165) is 29.7 Å². The molecule has 2 rings (SSSR count). The molecular weight excluding hydrogens is 388 g/mol. The van der Waals surface area contributed by atoms with E-state index in [1.807, 2.05) is 48.5 Å². The first-order valence-electron chi connectivity index (χ1n) is 9.79. The number of amides is 1. The van der Waals surface area contributed by atoms with E-state index in [1.165, 1.54) is 10.6 Å². The molecule has 0 radical (unpaired) electrons. The van der Waals surface area contributed by atoms with Crippen molar-refractivity contribution in [3.05, 3.63) is 59.7 Å². The van der Waals surface area contributed by atoms with Crippen LogP contribution in [0.15, 0.2) is 48.5 Å². The Morgan fingerprint density at radius 3 is 2.21 bits per heavy atom. The van der Waals surface area contributed by atoms with Crippen LogP contribution < -0.4 is 14.4 Å². The normalized spacial score (nSPS) is 11.1. The lowest BCUT2D eigenvalue weighted by atomic mass is 10.1. The lowest BCUT2D eigenvalue weighted by Gasteiger charge is -2.22. The maximum absolute atomic E-state index is 12.2. The van der Waals surface area contributed by atoms with E-state index in [1.54, 1.807) is 7.11 Å². The summed E-state index contributed by atoms with van der Waals surface area (Å²) in [7, 11) is -1.78. The molecule has 1 amide bonds. The van der Waals surface area contributed by atoms with Gasteiger partial charge in [-0.05, 0) is 54.7 Å². The third-order valence-electron chi connectivity index (χ3n) is 4.69. The van der Waals surface area contributed by atoms with E-state index < -0.39 is 10.0 Å². The van der Waals surface area contributed by atoms with Crippen molar-refractivity contribution >= 4 is 21.6 Å². The van der Waals surface area contributed by atoms with Gasteiger partial charge in [0, 0.05) is 19.5 Å². The second-order valence-corrected chi connectivity index (χ2v) is 8.81. The number of hydrogen-bond donors (Lipinski definition) is 1. The predicted octanol–water partition coefficient (Wildman–Crippen LogP) is 3.16. The highest BCUT2D eigenvalue weighted by Crippen LogP contribution is 2.19. The second-order valence-electron chi connectivity index (χ2n) is 6.91. The molecule has 0 heterocycles. The van der Waals surface area contributed by atoms with Crippen molar-refractivity contribution < 1.29 is 17.9 Å². The fraction of sp³-hybridized carbons (Fsp3) is 0.409. The van der Waals surface area contributed by atoms with Crippen molar-refractivity contribution in [2.45, 2.75) is 32.6 Å². The predicted molar refractivity (Wildman–Crippen MR) is 117 cm³/mol. The van der Waals surface area contributed by atoms with Gasteiger partial charge in [-0.2, -0.15) is 0 Å². The van der Waals surface area contributed by atoms with Crippen LogP contribution in [0.2, 0.25) is 0 Å². The summed E-state index contributed by atoms with van der Waals surface area (Å²) in [6.07, 6.45) is 3.55. The summed E-state index contributed by atoms with van der Waals surface area (Å²) in [6, 6.07) is 15.2. The number of carbonyl (C=O) groups excluding carboxylic acids is 1. The number of sulfonamides is 1. The minimum absolute atomic E-state index is 0.0757. The quantitative estimate of drug-likeness (QED) is 0.608. The summed E-state index contributed by atoms with van der Waals surface area (Å²) < 4.78 is 30.8. The third kappa shape index (κ3) is 7.42. The van der Waals surface area contributed by atoms with Crippen LogP contribution in [0.1, 0.15) is 30.9 Å². The molecular formula is C22H30N2O4S.